The largest absolute Gasteiger partial charge is 0.507 e. The molecule has 2 unspecified atom stereocenters. The summed E-state index contributed by atoms with van der Waals surface area (Å²) >= 11 is 0. The highest BCUT2D eigenvalue weighted by molar-refractivity contribution is 6.46. The summed E-state index contributed by atoms with van der Waals surface area (Å²) in [6, 6.07) is 6.48. The fourth-order valence-corrected chi connectivity index (χ4v) is 4.51. The van der Waals surface area contributed by atoms with Crippen LogP contribution in [0.4, 0.5) is 0 Å². The summed E-state index contributed by atoms with van der Waals surface area (Å²) in [5, 5.41) is 11.3. The van der Waals surface area contributed by atoms with E-state index in [2.05, 4.69) is 4.98 Å². The molecule has 2 aromatic rings. The summed E-state index contributed by atoms with van der Waals surface area (Å²) in [6.45, 7) is 4.71. The van der Waals surface area contributed by atoms with Crippen molar-refractivity contribution in [2.75, 3.05) is 20.3 Å². The van der Waals surface area contributed by atoms with E-state index in [-0.39, 0.29) is 17.4 Å². The van der Waals surface area contributed by atoms with Crippen LogP contribution in [0.15, 0.2) is 42.2 Å². The predicted octanol–water partition coefficient (Wildman–Crippen LogP) is 3.31. The monoisotopic (exact) mass is 422 g/mol. The third-order valence-corrected chi connectivity index (χ3v) is 5.86. The summed E-state index contributed by atoms with van der Waals surface area (Å²) in [6.07, 6.45) is 4.85. The van der Waals surface area contributed by atoms with Gasteiger partial charge in [0.2, 0.25) is 0 Å². The van der Waals surface area contributed by atoms with Crippen LogP contribution in [-0.2, 0) is 14.3 Å². The van der Waals surface area contributed by atoms with Gasteiger partial charge in [0.25, 0.3) is 11.7 Å². The highest BCUT2D eigenvalue weighted by Gasteiger charge is 2.47. The van der Waals surface area contributed by atoms with E-state index in [9.17, 15) is 14.7 Å². The number of aliphatic hydroxyl groups excluding tert-OH is 1. The van der Waals surface area contributed by atoms with Crippen molar-refractivity contribution in [2.24, 2.45) is 0 Å². The van der Waals surface area contributed by atoms with Crippen molar-refractivity contribution >= 4 is 17.4 Å². The van der Waals surface area contributed by atoms with E-state index in [0.29, 0.717) is 30.0 Å². The Morgan fingerprint density at radius 1 is 1.26 bits per heavy atom. The van der Waals surface area contributed by atoms with Crippen molar-refractivity contribution in [1.29, 1.82) is 0 Å². The molecule has 4 rings (SSSR count). The first kappa shape index (κ1) is 21.1. The van der Waals surface area contributed by atoms with Crippen molar-refractivity contribution in [3.63, 3.8) is 0 Å². The minimum absolute atomic E-state index is 0.0532. The fourth-order valence-electron chi connectivity index (χ4n) is 4.51. The van der Waals surface area contributed by atoms with Gasteiger partial charge < -0.3 is 19.5 Å². The molecule has 1 amide bonds. The van der Waals surface area contributed by atoms with E-state index >= 15 is 0 Å². The second-order valence-corrected chi connectivity index (χ2v) is 8.03. The summed E-state index contributed by atoms with van der Waals surface area (Å²) in [5.41, 5.74) is 2.90. The molecule has 0 bridgehead atoms. The predicted molar refractivity (Wildman–Crippen MR) is 115 cm³/mol. The Labute approximate surface area is 181 Å². The maximum atomic E-state index is 13.2. The molecule has 0 radical (unpaired) electrons. The number of pyridine rings is 1. The van der Waals surface area contributed by atoms with Gasteiger partial charge in [-0.25, -0.2) is 0 Å². The molecule has 2 atom stereocenters. The quantitative estimate of drug-likeness (QED) is 0.452. The number of Topliss-reactive ketones (excluding diaryl/α,β-unsaturated/α-hetero) is 1. The zero-order valence-corrected chi connectivity index (χ0v) is 17.9. The lowest BCUT2D eigenvalue weighted by atomic mass is 9.94. The van der Waals surface area contributed by atoms with E-state index in [1.54, 1.807) is 30.6 Å². The zero-order chi connectivity index (χ0) is 22.1. The molecule has 2 saturated heterocycles. The molecule has 0 spiro atoms. The topological polar surface area (TPSA) is 89.0 Å². The van der Waals surface area contributed by atoms with Crippen molar-refractivity contribution < 1.29 is 24.2 Å². The van der Waals surface area contributed by atoms with Gasteiger partial charge in [0, 0.05) is 25.5 Å². The van der Waals surface area contributed by atoms with Crippen LogP contribution < -0.4 is 4.74 Å². The molecule has 1 N–H and O–H groups in total. The number of amides is 1. The van der Waals surface area contributed by atoms with E-state index < -0.39 is 17.7 Å². The maximum Gasteiger partial charge on any atom is 0.295 e. The molecule has 2 aliphatic heterocycles. The molecule has 1 aromatic heterocycles. The molecule has 7 nitrogen and oxygen atoms in total. The lowest BCUT2D eigenvalue weighted by Crippen LogP contribution is -2.36. The van der Waals surface area contributed by atoms with Crippen molar-refractivity contribution in [3.05, 3.63) is 64.5 Å². The molecule has 2 aliphatic rings. The average molecular weight is 422 g/mol. The van der Waals surface area contributed by atoms with Crippen LogP contribution in [0.2, 0.25) is 0 Å². The van der Waals surface area contributed by atoms with Gasteiger partial charge >= 0.3 is 0 Å². The van der Waals surface area contributed by atoms with Gasteiger partial charge in [0.05, 0.1) is 30.4 Å². The maximum absolute atomic E-state index is 13.2. The van der Waals surface area contributed by atoms with Gasteiger partial charge in [-0.1, -0.05) is 6.07 Å². The number of aryl methyl sites for hydroxylation is 2. The SMILES string of the molecule is COc1c(C)cc(C)cc1/C(O)=C1\C(=O)C(=O)N(CC2CCCO2)C1c1ccncc1. The van der Waals surface area contributed by atoms with Gasteiger partial charge in [-0.2, -0.15) is 0 Å². The Bertz CT molecular complexity index is 1040. The summed E-state index contributed by atoms with van der Waals surface area (Å²) in [5.74, 6) is -1.11. The molecular weight excluding hydrogens is 396 g/mol. The Kier molecular flexibility index (Phi) is 5.78. The number of hydrogen-bond acceptors (Lipinski definition) is 6. The Morgan fingerprint density at radius 2 is 2.00 bits per heavy atom. The Hall–Kier alpha value is -3.19. The number of hydrogen-bond donors (Lipinski definition) is 1. The zero-order valence-electron chi connectivity index (χ0n) is 17.9. The molecule has 0 aliphatic carbocycles. The summed E-state index contributed by atoms with van der Waals surface area (Å²) in [4.78, 5) is 31.7. The first-order chi connectivity index (χ1) is 14.9. The molecule has 162 valence electrons. The first-order valence-electron chi connectivity index (χ1n) is 10.4. The number of benzene rings is 1. The molecule has 0 saturated carbocycles. The first-order valence-corrected chi connectivity index (χ1v) is 10.4. The van der Waals surface area contributed by atoms with Gasteiger partial charge in [-0.3, -0.25) is 14.6 Å². The summed E-state index contributed by atoms with van der Waals surface area (Å²) < 4.78 is 11.2. The minimum Gasteiger partial charge on any atom is -0.507 e. The third-order valence-electron chi connectivity index (χ3n) is 5.86. The van der Waals surface area contributed by atoms with Crippen LogP contribution in [0, 0.1) is 13.8 Å². The van der Waals surface area contributed by atoms with E-state index in [4.69, 9.17) is 9.47 Å². The Balaban J connectivity index is 1.88. The smallest absolute Gasteiger partial charge is 0.295 e. The lowest BCUT2D eigenvalue weighted by Gasteiger charge is -2.27. The molecule has 3 heterocycles. The average Bonchev–Trinajstić information content (AvgIpc) is 3.36. The highest BCUT2D eigenvalue weighted by atomic mass is 16.5. The third kappa shape index (κ3) is 3.81. The fraction of sp³-hybridized carbons (Fsp3) is 0.375. The van der Waals surface area contributed by atoms with Crippen LogP contribution in [0.3, 0.4) is 0 Å². The van der Waals surface area contributed by atoms with Gasteiger partial charge in [0.1, 0.15) is 11.5 Å². The van der Waals surface area contributed by atoms with Crippen molar-refractivity contribution in [2.45, 2.75) is 38.8 Å². The van der Waals surface area contributed by atoms with Crippen LogP contribution in [0.5, 0.6) is 5.75 Å². The van der Waals surface area contributed by atoms with Crippen molar-refractivity contribution in [1.82, 2.24) is 9.88 Å². The number of rotatable bonds is 5. The van der Waals surface area contributed by atoms with Gasteiger partial charge in [-0.05, 0) is 61.6 Å². The van der Waals surface area contributed by atoms with Crippen molar-refractivity contribution in [3.8, 4) is 5.75 Å². The number of methoxy groups -OCH3 is 1. The van der Waals surface area contributed by atoms with Crippen LogP contribution in [-0.4, -0.2) is 53.0 Å². The van der Waals surface area contributed by atoms with Gasteiger partial charge in [-0.15, -0.1) is 0 Å². The molecular formula is C24H26N2O5. The second kappa shape index (κ2) is 8.51. The number of carbonyl (C=O) groups is 2. The number of ketones is 1. The molecule has 2 fully saturated rings. The van der Waals surface area contributed by atoms with E-state index in [1.165, 1.54) is 12.0 Å². The Morgan fingerprint density at radius 3 is 2.65 bits per heavy atom. The number of nitrogens with zero attached hydrogens (tertiary/aromatic N) is 2. The minimum atomic E-state index is -0.724. The molecule has 1 aromatic carbocycles. The highest BCUT2D eigenvalue weighted by Crippen LogP contribution is 2.42. The van der Waals surface area contributed by atoms with Crippen LogP contribution >= 0.6 is 0 Å². The lowest BCUT2D eigenvalue weighted by molar-refractivity contribution is -0.140. The van der Waals surface area contributed by atoms with E-state index in [0.717, 1.165) is 24.0 Å². The second-order valence-electron chi connectivity index (χ2n) is 8.03. The summed E-state index contributed by atoms with van der Waals surface area (Å²) in [7, 11) is 1.52. The standard InChI is InChI=1S/C24H26N2O5/c1-14-11-15(2)23(30-3)18(12-14)21(27)19-20(16-6-8-25-9-7-16)26(24(29)22(19)28)13-17-5-4-10-31-17/h6-9,11-12,17,20,27H,4-5,10,13H2,1-3H3/b21-19+. The number of carbonyl (C=O) groups excluding carboxylic acids is 2. The molecule has 31 heavy (non-hydrogen) atoms. The number of ether oxygens (including phenoxy) is 2. The van der Waals surface area contributed by atoms with Gasteiger partial charge in [0.15, 0.2) is 0 Å². The number of aromatic nitrogens is 1. The molecule has 7 heteroatoms. The number of likely N-dealkylation sites (tertiary alicyclic amines) is 1. The van der Waals surface area contributed by atoms with Crippen LogP contribution in [0.1, 0.15) is 41.1 Å². The van der Waals surface area contributed by atoms with E-state index in [1.807, 2.05) is 19.9 Å². The van der Waals surface area contributed by atoms with Crippen LogP contribution in [0.25, 0.3) is 5.76 Å². The normalized spacial score (nSPS) is 22.9. The number of aliphatic hydroxyl groups is 1.